The molecule has 1 saturated carbocycles. The summed E-state index contributed by atoms with van der Waals surface area (Å²) in [7, 11) is -3.42. The van der Waals surface area contributed by atoms with Crippen LogP contribution in [0.1, 0.15) is 24.0 Å². The lowest BCUT2D eigenvalue weighted by atomic mass is 10.2. The van der Waals surface area contributed by atoms with Crippen molar-refractivity contribution in [2.24, 2.45) is 5.92 Å². The third-order valence-corrected chi connectivity index (χ3v) is 6.00. The zero-order chi connectivity index (χ0) is 18.4. The first kappa shape index (κ1) is 18.8. The molecular weight excluding hydrogens is 354 g/mol. The van der Waals surface area contributed by atoms with Gasteiger partial charge in [-0.05, 0) is 42.0 Å². The van der Waals surface area contributed by atoms with Crippen molar-refractivity contribution in [3.05, 3.63) is 64.1 Å². The van der Waals surface area contributed by atoms with Crippen LogP contribution in [0.2, 0.25) is 0 Å². The predicted octanol–water partition coefficient (Wildman–Crippen LogP) is 2.29. The van der Waals surface area contributed by atoms with E-state index in [9.17, 15) is 13.2 Å². The van der Waals surface area contributed by atoms with Crippen LogP contribution in [0.25, 0.3) is 0 Å². The highest BCUT2D eigenvalue weighted by Gasteiger charge is 2.22. The smallest absolute Gasteiger partial charge is 0.247 e. The van der Waals surface area contributed by atoms with Gasteiger partial charge >= 0.3 is 0 Å². The Morgan fingerprint density at radius 3 is 2.58 bits per heavy atom. The van der Waals surface area contributed by atoms with Gasteiger partial charge in [0.1, 0.15) is 0 Å². The van der Waals surface area contributed by atoms with Gasteiger partial charge in [0.25, 0.3) is 0 Å². The summed E-state index contributed by atoms with van der Waals surface area (Å²) in [5.74, 6) is 0.586. The average molecular weight is 377 g/mol. The number of H-pyrrole nitrogens is 1. The molecule has 1 fully saturated rings. The number of benzene rings is 1. The van der Waals surface area contributed by atoms with Crippen LogP contribution in [0.4, 0.5) is 0 Å². The number of sulfone groups is 1. The van der Waals surface area contributed by atoms with Crippen molar-refractivity contribution >= 4 is 9.84 Å². The van der Waals surface area contributed by atoms with Crippen LogP contribution in [0.15, 0.2) is 52.3 Å². The number of aromatic nitrogens is 1. The van der Waals surface area contributed by atoms with Crippen LogP contribution in [0, 0.1) is 5.92 Å². The third-order valence-electron chi connectivity index (χ3n) is 4.23. The van der Waals surface area contributed by atoms with E-state index in [1.807, 2.05) is 0 Å². The Morgan fingerprint density at radius 2 is 1.85 bits per heavy atom. The van der Waals surface area contributed by atoms with E-state index in [2.05, 4.69) is 4.98 Å². The lowest BCUT2D eigenvalue weighted by molar-refractivity contribution is 0.105. The minimum atomic E-state index is -3.42. The number of nitrogens with one attached hydrogen (secondary N) is 1. The first-order valence-electron chi connectivity index (χ1n) is 8.68. The van der Waals surface area contributed by atoms with Crippen LogP contribution in [0.5, 0.6) is 0 Å². The molecule has 140 valence electrons. The fourth-order valence-electron chi connectivity index (χ4n) is 2.55. The van der Waals surface area contributed by atoms with E-state index in [0.717, 1.165) is 5.56 Å². The van der Waals surface area contributed by atoms with Gasteiger partial charge in [0, 0.05) is 18.9 Å². The van der Waals surface area contributed by atoms with Gasteiger partial charge in [-0.2, -0.15) is 0 Å². The second-order valence-corrected chi connectivity index (χ2v) is 8.58. The summed E-state index contributed by atoms with van der Waals surface area (Å²) in [5, 5.41) is 0. The summed E-state index contributed by atoms with van der Waals surface area (Å²) in [5.41, 5.74) is 1.27. The molecule has 1 aliphatic rings. The van der Waals surface area contributed by atoms with Crippen molar-refractivity contribution in [2.75, 3.05) is 19.0 Å². The second-order valence-electron chi connectivity index (χ2n) is 6.50. The molecule has 0 bridgehead atoms. The summed E-state index contributed by atoms with van der Waals surface area (Å²) in [4.78, 5) is 13.9. The van der Waals surface area contributed by atoms with Gasteiger partial charge in [0.05, 0.1) is 30.5 Å². The van der Waals surface area contributed by atoms with E-state index < -0.39 is 9.84 Å². The lowest BCUT2D eigenvalue weighted by Gasteiger charge is -2.11. The van der Waals surface area contributed by atoms with E-state index in [1.165, 1.54) is 18.9 Å². The van der Waals surface area contributed by atoms with Crippen LogP contribution < -0.4 is 5.56 Å². The number of ether oxygens (including phenoxy) is 2. The summed E-state index contributed by atoms with van der Waals surface area (Å²) in [6, 6.07) is 9.97. The molecule has 0 unspecified atom stereocenters. The molecule has 7 heteroatoms. The second kappa shape index (κ2) is 8.62. The largest absolute Gasteiger partial charge is 0.380 e. The molecule has 0 aliphatic heterocycles. The van der Waals surface area contributed by atoms with Crippen LogP contribution in [-0.2, 0) is 32.5 Å². The monoisotopic (exact) mass is 377 g/mol. The minimum Gasteiger partial charge on any atom is -0.380 e. The van der Waals surface area contributed by atoms with Gasteiger partial charge in [-0.15, -0.1) is 0 Å². The van der Waals surface area contributed by atoms with Crippen molar-refractivity contribution in [3.8, 4) is 0 Å². The van der Waals surface area contributed by atoms with E-state index >= 15 is 0 Å². The molecule has 1 aromatic heterocycles. The molecule has 1 heterocycles. The first-order valence-corrected chi connectivity index (χ1v) is 10.3. The van der Waals surface area contributed by atoms with Crippen LogP contribution in [-0.4, -0.2) is 32.4 Å². The van der Waals surface area contributed by atoms with Crippen molar-refractivity contribution in [1.82, 2.24) is 4.98 Å². The molecule has 0 amide bonds. The molecule has 26 heavy (non-hydrogen) atoms. The molecule has 1 aromatic carbocycles. The molecule has 6 nitrogen and oxygen atoms in total. The molecular formula is C19H23NO5S. The molecule has 0 radical (unpaired) electrons. The van der Waals surface area contributed by atoms with Gasteiger partial charge in [-0.3, -0.25) is 4.79 Å². The Hall–Kier alpha value is -1.96. The third kappa shape index (κ3) is 5.52. The van der Waals surface area contributed by atoms with Crippen molar-refractivity contribution in [3.63, 3.8) is 0 Å². The van der Waals surface area contributed by atoms with E-state index in [0.29, 0.717) is 18.1 Å². The fraction of sp³-hybridized carbons (Fsp3) is 0.421. The fourth-order valence-corrected chi connectivity index (χ4v) is 3.92. The molecule has 0 saturated heterocycles. The Morgan fingerprint density at radius 1 is 1.04 bits per heavy atom. The number of hydrogen-bond acceptors (Lipinski definition) is 5. The highest BCUT2D eigenvalue weighted by Crippen LogP contribution is 2.28. The number of hydrogen-bond donors (Lipinski definition) is 1. The van der Waals surface area contributed by atoms with Gasteiger partial charge in [-0.25, -0.2) is 8.42 Å². The quantitative estimate of drug-likeness (QED) is 0.642. The molecule has 1 aliphatic carbocycles. The van der Waals surface area contributed by atoms with Crippen molar-refractivity contribution in [2.45, 2.75) is 31.0 Å². The number of aromatic amines is 1. The topological polar surface area (TPSA) is 85.5 Å². The number of rotatable bonds is 10. The summed E-state index contributed by atoms with van der Waals surface area (Å²) in [6.07, 6.45) is 3.95. The molecule has 0 spiro atoms. The SMILES string of the molecule is O=c1ccc(COCc2ccccc2S(=O)(=O)CCOCC2CC2)c[nH]1. The average Bonchev–Trinajstić information content (AvgIpc) is 3.45. The van der Waals surface area contributed by atoms with Crippen LogP contribution in [0.3, 0.4) is 0 Å². The van der Waals surface area contributed by atoms with E-state index in [-0.39, 0.29) is 36.0 Å². The Balaban J connectivity index is 1.57. The van der Waals surface area contributed by atoms with Gasteiger partial charge in [-0.1, -0.05) is 18.2 Å². The lowest BCUT2D eigenvalue weighted by Crippen LogP contribution is -2.15. The zero-order valence-electron chi connectivity index (χ0n) is 14.5. The number of pyridine rings is 1. The standard InChI is InChI=1S/C19H23NO5S/c21-19-8-7-16(11-20-19)13-25-14-17-3-1-2-4-18(17)26(22,23)10-9-24-12-15-5-6-15/h1-4,7-8,11,15H,5-6,9-10,12-14H2,(H,20,21). The maximum absolute atomic E-state index is 12.6. The van der Waals surface area contributed by atoms with Crippen LogP contribution >= 0.6 is 0 Å². The molecule has 1 N–H and O–H groups in total. The Kier molecular flexibility index (Phi) is 6.24. The molecule has 2 aromatic rings. The normalized spacial score (nSPS) is 14.5. The molecule has 3 rings (SSSR count). The predicted molar refractivity (Wildman–Crippen MR) is 97.6 cm³/mol. The highest BCUT2D eigenvalue weighted by atomic mass is 32.2. The first-order chi connectivity index (χ1) is 12.5. The van der Waals surface area contributed by atoms with Gasteiger partial charge in [0.2, 0.25) is 5.56 Å². The maximum Gasteiger partial charge on any atom is 0.247 e. The summed E-state index contributed by atoms with van der Waals surface area (Å²) < 4.78 is 36.3. The summed E-state index contributed by atoms with van der Waals surface area (Å²) >= 11 is 0. The van der Waals surface area contributed by atoms with E-state index in [1.54, 1.807) is 36.5 Å². The van der Waals surface area contributed by atoms with E-state index in [4.69, 9.17) is 9.47 Å². The summed E-state index contributed by atoms with van der Waals surface area (Å²) in [6.45, 7) is 1.33. The Bertz CT molecular complexity index is 866. The molecule has 0 atom stereocenters. The van der Waals surface area contributed by atoms with Gasteiger partial charge in [0.15, 0.2) is 9.84 Å². The van der Waals surface area contributed by atoms with Crippen molar-refractivity contribution in [1.29, 1.82) is 0 Å². The highest BCUT2D eigenvalue weighted by molar-refractivity contribution is 7.91. The zero-order valence-corrected chi connectivity index (χ0v) is 15.3. The van der Waals surface area contributed by atoms with Crippen molar-refractivity contribution < 1.29 is 17.9 Å². The Labute approximate surface area is 153 Å². The minimum absolute atomic E-state index is 0.0311. The van der Waals surface area contributed by atoms with Gasteiger partial charge < -0.3 is 14.5 Å². The maximum atomic E-state index is 12.6.